The van der Waals surface area contributed by atoms with Crippen LogP contribution >= 0.6 is 11.8 Å². The van der Waals surface area contributed by atoms with Crippen LogP contribution in [0.3, 0.4) is 0 Å². The summed E-state index contributed by atoms with van der Waals surface area (Å²) in [6.45, 7) is 10.2. The van der Waals surface area contributed by atoms with Crippen molar-refractivity contribution < 1.29 is 9.84 Å². The summed E-state index contributed by atoms with van der Waals surface area (Å²) in [5, 5.41) is 13.8. The first-order valence-electron chi connectivity index (χ1n) is 15.3. The predicted molar refractivity (Wildman–Crippen MR) is 181 cm³/mol. The molecule has 0 heterocycles. The number of benzene rings is 5. The number of phenols is 1. The average Bonchev–Trinajstić information content (AvgIpc) is 3.22. The SMILES string of the molecule is CSc1cc2c3c(cc(O)c2cc1-c1ccc(OCc2ccccc2)cc1)C1(CC(C)(C)CC(C)(C)C1)c1ccccc1-3. The number of rotatable bonds is 5. The summed E-state index contributed by atoms with van der Waals surface area (Å²) in [5.41, 5.74) is 9.07. The Morgan fingerprint density at radius 1 is 0.698 bits per heavy atom. The lowest BCUT2D eigenvalue weighted by atomic mass is 9.52. The first-order chi connectivity index (χ1) is 20.6. The maximum Gasteiger partial charge on any atom is 0.123 e. The van der Waals surface area contributed by atoms with Crippen molar-refractivity contribution in [3.8, 4) is 33.8 Å². The molecular formula is C40H40O2S. The molecule has 2 nitrogen and oxygen atoms in total. The van der Waals surface area contributed by atoms with Gasteiger partial charge in [0, 0.05) is 15.7 Å². The number of aromatic hydroxyl groups is 1. The van der Waals surface area contributed by atoms with Gasteiger partial charge in [-0.1, -0.05) is 94.4 Å². The van der Waals surface area contributed by atoms with Crippen LogP contribution in [0.1, 0.15) is 63.6 Å². The normalized spacial score (nSPS) is 17.5. The maximum atomic E-state index is 11.7. The fourth-order valence-corrected chi connectivity index (χ4v) is 9.36. The molecule has 1 N–H and O–H groups in total. The first-order valence-corrected chi connectivity index (χ1v) is 16.6. The third kappa shape index (κ3) is 4.83. The fourth-order valence-electron chi connectivity index (χ4n) is 8.73. The van der Waals surface area contributed by atoms with Crippen molar-refractivity contribution in [1.29, 1.82) is 0 Å². The number of ether oxygens (including phenoxy) is 1. The molecule has 43 heavy (non-hydrogen) atoms. The highest BCUT2D eigenvalue weighted by atomic mass is 32.2. The molecule has 1 spiro atoms. The smallest absolute Gasteiger partial charge is 0.123 e. The maximum absolute atomic E-state index is 11.7. The highest BCUT2D eigenvalue weighted by Gasteiger charge is 2.53. The van der Waals surface area contributed by atoms with Gasteiger partial charge in [0.05, 0.1) is 0 Å². The van der Waals surface area contributed by atoms with E-state index >= 15 is 0 Å². The van der Waals surface area contributed by atoms with Gasteiger partial charge in [-0.05, 0) is 111 Å². The van der Waals surface area contributed by atoms with Gasteiger partial charge in [0.25, 0.3) is 0 Å². The topological polar surface area (TPSA) is 29.5 Å². The molecule has 0 amide bonds. The molecule has 3 heteroatoms. The molecule has 5 aromatic carbocycles. The van der Waals surface area contributed by atoms with Gasteiger partial charge in [0.2, 0.25) is 0 Å². The Morgan fingerprint density at radius 2 is 1.37 bits per heavy atom. The van der Waals surface area contributed by atoms with E-state index in [1.165, 1.54) is 33.6 Å². The summed E-state index contributed by atoms with van der Waals surface area (Å²) in [6.07, 6.45) is 5.52. The molecule has 1 saturated carbocycles. The molecule has 0 aromatic heterocycles. The highest BCUT2D eigenvalue weighted by Crippen LogP contribution is 2.65. The summed E-state index contributed by atoms with van der Waals surface area (Å²) >= 11 is 1.76. The van der Waals surface area contributed by atoms with Crippen LogP contribution in [-0.2, 0) is 12.0 Å². The largest absolute Gasteiger partial charge is 0.507 e. The van der Waals surface area contributed by atoms with E-state index in [2.05, 4.69) is 101 Å². The number of hydrogen-bond acceptors (Lipinski definition) is 3. The van der Waals surface area contributed by atoms with E-state index in [1.807, 2.05) is 30.3 Å². The molecule has 5 aromatic rings. The molecule has 0 saturated heterocycles. The Bertz CT molecular complexity index is 1820. The quantitative estimate of drug-likeness (QED) is 0.208. The van der Waals surface area contributed by atoms with Crippen LogP contribution in [-0.4, -0.2) is 11.4 Å². The Kier molecular flexibility index (Phi) is 6.67. The van der Waals surface area contributed by atoms with Gasteiger partial charge in [0.1, 0.15) is 18.1 Å². The minimum absolute atomic E-state index is 0.101. The fraction of sp³-hybridized carbons (Fsp3) is 0.300. The summed E-state index contributed by atoms with van der Waals surface area (Å²) in [6, 6.07) is 34.2. The van der Waals surface area contributed by atoms with E-state index in [0.717, 1.165) is 46.1 Å². The summed E-state index contributed by atoms with van der Waals surface area (Å²) in [7, 11) is 0. The van der Waals surface area contributed by atoms with Crippen LogP contribution in [0.25, 0.3) is 33.0 Å². The molecule has 2 aliphatic rings. The van der Waals surface area contributed by atoms with Crippen molar-refractivity contribution >= 4 is 22.5 Å². The van der Waals surface area contributed by atoms with Gasteiger partial charge >= 0.3 is 0 Å². The number of fused-ring (bicyclic) bond motifs is 7. The van der Waals surface area contributed by atoms with E-state index in [9.17, 15) is 5.11 Å². The first kappa shape index (κ1) is 28.1. The molecule has 1 fully saturated rings. The summed E-state index contributed by atoms with van der Waals surface area (Å²) in [4.78, 5) is 1.21. The lowest BCUT2D eigenvalue weighted by molar-refractivity contribution is 0.0645. The van der Waals surface area contributed by atoms with E-state index in [4.69, 9.17) is 4.74 Å². The van der Waals surface area contributed by atoms with Crippen LogP contribution in [0, 0.1) is 10.8 Å². The zero-order chi connectivity index (χ0) is 30.0. The molecule has 7 rings (SSSR count). The molecule has 0 radical (unpaired) electrons. The van der Waals surface area contributed by atoms with E-state index < -0.39 is 0 Å². The molecular weight excluding hydrogens is 545 g/mol. The Balaban J connectivity index is 1.34. The van der Waals surface area contributed by atoms with Crippen LogP contribution < -0.4 is 4.74 Å². The van der Waals surface area contributed by atoms with Crippen molar-refractivity contribution in [3.05, 3.63) is 114 Å². The Morgan fingerprint density at radius 3 is 2.07 bits per heavy atom. The Hall–Kier alpha value is -3.69. The second-order valence-electron chi connectivity index (χ2n) is 14.2. The summed E-state index contributed by atoms with van der Waals surface area (Å²) < 4.78 is 6.05. The minimum atomic E-state index is -0.101. The summed E-state index contributed by atoms with van der Waals surface area (Å²) in [5.74, 6) is 1.22. The second-order valence-corrected chi connectivity index (χ2v) is 15.0. The third-order valence-electron chi connectivity index (χ3n) is 9.59. The zero-order valence-corrected chi connectivity index (χ0v) is 26.6. The van der Waals surface area contributed by atoms with Crippen molar-refractivity contribution in [2.24, 2.45) is 10.8 Å². The van der Waals surface area contributed by atoms with Gasteiger partial charge in [-0.15, -0.1) is 11.8 Å². The van der Waals surface area contributed by atoms with Crippen LogP contribution in [0.2, 0.25) is 0 Å². The van der Waals surface area contributed by atoms with E-state index in [1.54, 1.807) is 11.8 Å². The van der Waals surface area contributed by atoms with Gasteiger partial charge in [-0.2, -0.15) is 0 Å². The number of thioether (sulfide) groups is 1. The molecule has 2 aliphatic carbocycles. The molecule has 0 aliphatic heterocycles. The molecule has 0 bridgehead atoms. The van der Waals surface area contributed by atoms with E-state index in [0.29, 0.717) is 12.4 Å². The zero-order valence-electron chi connectivity index (χ0n) is 25.8. The van der Waals surface area contributed by atoms with Crippen molar-refractivity contribution in [2.45, 2.75) is 63.9 Å². The van der Waals surface area contributed by atoms with Gasteiger partial charge < -0.3 is 9.84 Å². The monoisotopic (exact) mass is 584 g/mol. The van der Waals surface area contributed by atoms with Gasteiger partial charge in [-0.25, -0.2) is 0 Å². The average molecular weight is 585 g/mol. The van der Waals surface area contributed by atoms with Crippen LogP contribution in [0.15, 0.2) is 102 Å². The minimum Gasteiger partial charge on any atom is -0.507 e. The van der Waals surface area contributed by atoms with Crippen molar-refractivity contribution in [1.82, 2.24) is 0 Å². The lowest BCUT2D eigenvalue weighted by Gasteiger charge is -2.51. The predicted octanol–water partition coefficient (Wildman–Crippen LogP) is 11.0. The van der Waals surface area contributed by atoms with Crippen LogP contribution in [0.4, 0.5) is 0 Å². The molecule has 0 unspecified atom stereocenters. The van der Waals surface area contributed by atoms with Crippen molar-refractivity contribution in [2.75, 3.05) is 6.26 Å². The number of phenolic OH excluding ortho intramolecular Hbond substituents is 1. The lowest BCUT2D eigenvalue weighted by Crippen LogP contribution is -2.43. The molecule has 0 atom stereocenters. The third-order valence-corrected chi connectivity index (χ3v) is 10.4. The highest BCUT2D eigenvalue weighted by molar-refractivity contribution is 7.98. The van der Waals surface area contributed by atoms with E-state index in [-0.39, 0.29) is 16.2 Å². The standard InChI is InChI=1S/C40H40O2S/c1-38(2)23-39(3,4)25-40(24-38)33-14-10-9-13-29(33)37-32-20-36(43-5)30(19-31(32)35(41)21-34(37)40)27-15-17-28(18-16-27)42-22-26-11-7-6-8-12-26/h6-21,41H,22-25H2,1-5H3. The van der Waals surface area contributed by atoms with Crippen LogP contribution in [0.5, 0.6) is 11.5 Å². The number of hydrogen-bond donors (Lipinski definition) is 1. The van der Waals surface area contributed by atoms with Gasteiger partial charge in [0.15, 0.2) is 0 Å². The van der Waals surface area contributed by atoms with Gasteiger partial charge in [-0.3, -0.25) is 0 Å². The second kappa shape index (κ2) is 10.2. The molecule has 218 valence electrons. The van der Waals surface area contributed by atoms with Crippen molar-refractivity contribution in [3.63, 3.8) is 0 Å². The Labute approximate surface area is 260 Å².